The molecule has 2 N–H and O–H groups in total. The molecule has 3 rings (SSSR count). The summed E-state index contributed by atoms with van der Waals surface area (Å²) < 4.78 is 11.1. The van der Waals surface area contributed by atoms with Gasteiger partial charge in [-0.25, -0.2) is 9.59 Å². The molecule has 0 aromatic heterocycles. The first-order chi connectivity index (χ1) is 14.3. The Morgan fingerprint density at radius 1 is 1.13 bits per heavy atom. The van der Waals surface area contributed by atoms with Gasteiger partial charge < -0.3 is 20.1 Å². The van der Waals surface area contributed by atoms with E-state index in [1.807, 2.05) is 44.2 Å². The van der Waals surface area contributed by atoms with Gasteiger partial charge in [0.15, 0.2) is 0 Å². The van der Waals surface area contributed by atoms with Gasteiger partial charge >= 0.3 is 12.0 Å². The molecule has 0 radical (unpaired) electrons. The van der Waals surface area contributed by atoms with E-state index in [9.17, 15) is 9.59 Å². The molecule has 0 aliphatic carbocycles. The zero-order valence-corrected chi connectivity index (χ0v) is 18.2. The fraction of sp³-hybridized carbons (Fsp3) is 0.304. The summed E-state index contributed by atoms with van der Waals surface area (Å²) in [6.45, 7) is 7.95. The third-order valence-corrected chi connectivity index (χ3v) is 5.33. The van der Waals surface area contributed by atoms with Gasteiger partial charge in [0.05, 0.1) is 23.2 Å². The van der Waals surface area contributed by atoms with Crippen molar-refractivity contribution in [2.45, 2.75) is 40.3 Å². The van der Waals surface area contributed by atoms with Crippen LogP contribution in [0.5, 0.6) is 5.75 Å². The third-order valence-electron chi connectivity index (χ3n) is 5.02. The lowest BCUT2D eigenvalue weighted by Crippen LogP contribution is -2.45. The monoisotopic (exact) mass is 428 g/mol. The Morgan fingerprint density at radius 2 is 1.87 bits per heavy atom. The lowest BCUT2D eigenvalue weighted by Gasteiger charge is -2.29. The summed E-state index contributed by atoms with van der Waals surface area (Å²) in [5.74, 6) is 0.139. The minimum atomic E-state index is -0.613. The molecule has 1 unspecified atom stereocenters. The number of urea groups is 1. The topological polar surface area (TPSA) is 76.7 Å². The molecule has 0 spiro atoms. The number of carbonyl (C=O) groups excluding carboxylic acids is 2. The number of amides is 2. The SMILES string of the molecule is CCOC(=O)C1=C(C)NC(=O)NC1c1cc(COc2ccccc2Cl)c(C)cc1C. The Balaban J connectivity index is 1.97. The zero-order chi connectivity index (χ0) is 21.8. The highest BCUT2D eigenvalue weighted by Crippen LogP contribution is 2.32. The van der Waals surface area contributed by atoms with Gasteiger partial charge in [0.1, 0.15) is 12.4 Å². The fourth-order valence-electron chi connectivity index (χ4n) is 3.51. The predicted octanol–water partition coefficient (Wildman–Crippen LogP) is 4.73. The number of ether oxygens (including phenoxy) is 2. The van der Waals surface area contributed by atoms with Crippen molar-refractivity contribution in [2.75, 3.05) is 6.61 Å². The van der Waals surface area contributed by atoms with E-state index < -0.39 is 12.0 Å². The number of hydrogen-bond donors (Lipinski definition) is 2. The van der Waals surface area contributed by atoms with E-state index in [1.165, 1.54) is 0 Å². The van der Waals surface area contributed by atoms with E-state index in [0.29, 0.717) is 28.6 Å². The van der Waals surface area contributed by atoms with E-state index >= 15 is 0 Å². The normalized spacial score (nSPS) is 16.0. The minimum absolute atomic E-state index is 0.250. The molecule has 0 fully saturated rings. The average molecular weight is 429 g/mol. The van der Waals surface area contributed by atoms with Crippen LogP contribution < -0.4 is 15.4 Å². The second kappa shape index (κ2) is 9.22. The van der Waals surface area contributed by atoms with Crippen molar-refractivity contribution in [3.05, 3.63) is 74.9 Å². The molecule has 2 aromatic rings. The highest BCUT2D eigenvalue weighted by Gasteiger charge is 2.33. The first-order valence-corrected chi connectivity index (χ1v) is 10.1. The molecule has 7 heteroatoms. The maximum Gasteiger partial charge on any atom is 0.338 e. The van der Waals surface area contributed by atoms with Crippen LogP contribution in [0, 0.1) is 13.8 Å². The first-order valence-electron chi connectivity index (χ1n) is 9.74. The van der Waals surface area contributed by atoms with Crippen molar-refractivity contribution < 1.29 is 19.1 Å². The molecule has 1 aliphatic rings. The van der Waals surface area contributed by atoms with Crippen molar-refractivity contribution in [1.29, 1.82) is 0 Å². The minimum Gasteiger partial charge on any atom is -0.487 e. The Bertz CT molecular complexity index is 1020. The smallest absolute Gasteiger partial charge is 0.338 e. The number of carbonyl (C=O) groups is 2. The van der Waals surface area contributed by atoms with Gasteiger partial charge in [0, 0.05) is 5.70 Å². The van der Waals surface area contributed by atoms with Crippen molar-refractivity contribution in [3.8, 4) is 5.75 Å². The molecule has 0 bridgehead atoms. The maximum atomic E-state index is 12.6. The molecule has 0 saturated carbocycles. The molecule has 2 amide bonds. The second-order valence-electron chi connectivity index (χ2n) is 7.14. The Kier molecular flexibility index (Phi) is 6.67. The summed E-state index contributed by atoms with van der Waals surface area (Å²) in [6, 6.07) is 10.3. The van der Waals surface area contributed by atoms with Crippen LogP contribution in [0.2, 0.25) is 5.02 Å². The van der Waals surface area contributed by atoms with Crippen molar-refractivity contribution >= 4 is 23.6 Å². The van der Waals surface area contributed by atoms with E-state index in [0.717, 1.165) is 22.3 Å². The van der Waals surface area contributed by atoms with Gasteiger partial charge in [-0.2, -0.15) is 0 Å². The van der Waals surface area contributed by atoms with E-state index in [1.54, 1.807) is 19.9 Å². The molecular weight excluding hydrogens is 404 g/mol. The number of esters is 1. The number of hydrogen-bond acceptors (Lipinski definition) is 4. The quantitative estimate of drug-likeness (QED) is 0.652. The van der Waals surface area contributed by atoms with Gasteiger partial charge in [0.25, 0.3) is 0 Å². The molecular formula is C23H25ClN2O4. The number of para-hydroxylation sites is 1. The summed E-state index contributed by atoms with van der Waals surface area (Å²) >= 11 is 6.19. The van der Waals surface area contributed by atoms with Crippen LogP contribution >= 0.6 is 11.6 Å². The molecule has 158 valence electrons. The molecule has 6 nitrogen and oxygen atoms in total. The van der Waals surface area contributed by atoms with E-state index in [4.69, 9.17) is 21.1 Å². The lowest BCUT2D eigenvalue weighted by atomic mass is 9.89. The van der Waals surface area contributed by atoms with Crippen LogP contribution in [-0.4, -0.2) is 18.6 Å². The van der Waals surface area contributed by atoms with Crippen LogP contribution in [0.15, 0.2) is 47.7 Å². The van der Waals surface area contributed by atoms with Crippen LogP contribution in [0.4, 0.5) is 4.79 Å². The van der Waals surface area contributed by atoms with Crippen LogP contribution in [0.1, 0.15) is 42.1 Å². The summed E-state index contributed by atoms with van der Waals surface area (Å²) in [5.41, 5.74) is 4.62. The summed E-state index contributed by atoms with van der Waals surface area (Å²) in [4.78, 5) is 24.7. The largest absolute Gasteiger partial charge is 0.487 e. The number of aryl methyl sites for hydroxylation is 2. The van der Waals surface area contributed by atoms with Crippen LogP contribution in [-0.2, 0) is 16.1 Å². The van der Waals surface area contributed by atoms with E-state index in [2.05, 4.69) is 10.6 Å². The highest BCUT2D eigenvalue weighted by molar-refractivity contribution is 6.32. The molecule has 1 heterocycles. The summed E-state index contributed by atoms with van der Waals surface area (Å²) in [6.07, 6.45) is 0. The number of rotatable bonds is 6. The van der Waals surface area contributed by atoms with Crippen molar-refractivity contribution in [2.24, 2.45) is 0 Å². The average Bonchev–Trinajstić information content (AvgIpc) is 2.68. The maximum absolute atomic E-state index is 12.6. The molecule has 1 aliphatic heterocycles. The van der Waals surface area contributed by atoms with Gasteiger partial charge in [-0.1, -0.05) is 29.8 Å². The number of halogens is 1. The van der Waals surface area contributed by atoms with Gasteiger partial charge in [0.2, 0.25) is 0 Å². The van der Waals surface area contributed by atoms with Gasteiger partial charge in [-0.05, 0) is 68.1 Å². The zero-order valence-electron chi connectivity index (χ0n) is 17.5. The van der Waals surface area contributed by atoms with Crippen molar-refractivity contribution in [1.82, 2.24) is 10.6 Å². The third kappa shape index (κ3) is 4.60. The Morgan fingerprint density at radius 3 is 2.57 bits per heavy atom. The number of nitrogens with one attached hydrogen (secondary N) is 2. The number of benzene rings is 2. The molecule has 30 heavy (non-hydrogen) atoms. The van der Waals surface area contributed by atoms with Crippen LogP contribution in [0.3, 0.4) is 0 Å². The Hall–Kier alpha value is -2.99. The number of allylic oxidation sites excluding steroid dienone is 1. The fourth-order valence-corrected chi connectivity index (χ4v) is 3.70. The Labute approximate surface area is 181 Å². The van der Waals surface area contributed by atoms with E-state index in [-0.39, 0.29) is 12.6 Å². The molecule has 0 saturated heterocycles. The molecule has 1 atom stereocenters. The predicted molar refractivity (Wildman–Crippen MR) is 115 cm³/mol. The van der Waals surface area contributed by atoms with Crippen molar-refractivity contribution in [3.63, 3.8) is 0 Å². The standard InChI is InChI=1S/C23H25ClN2O4/c1-5-29-22(27)20-15(4)25-23(28)26-21(20)17-11-16(13(2)10-14(17)3)12-30-19-9-7-6-8-18(19)24/h6-11,21H,5,12H2,1-4H3,(H2,25,26,28). The van der Waals surface area contributed by atoms with Gasteiger partial charge in [-0.3, -0.25) is 0 Å². The second-order valence-corrected chi connectivity index (χ2v) is 7.55. The summed E-state index contributed by atoms with van der Waals surface area (Å²) in [5, 5.41) is 6.05. The first kappa shape index (κ1) is 21.7. The molecule has 2 aromatic carbocycles. The highest BCUT2D eigenvalue weighted by atomic mass is 35.5. The van der Waals surface area contributed by atoms with Crippen LogP contribution in [0.25, 0.3) is 0 Å². The summed E-state index contributed by atoms with van der Waals surface area (Å²) in [7, 11) is 0. The van der Waals surface area contributed by atoms with Gasteiger partial charge in [-0.15, -0.1) is 0 Å². The lowest BCUT2D eigenvalue weighted by molar-refractivity contribution is -0.139.